The van der Waals surface area contributed by atoms with Crippen molar-refractivity contribution in [3.63, 3.8) is 0 Å². The zero-order valence-corrected chi connectivity index (χ0v) is 36.3. The highest BCUT2D eigenvalue weighted by Crippen LogP contribution is 2.52. The molecule has 2 aliphatic heterocycles. The molecule has 0 bridgehead atoms. The topological polar surface area (TPSA) is 29.9 Å². The summed E-state index contributed by atoms with van der Waals surface area (Å²) in [5.74, 6) is 3.40. The van der Waals surface area contributed by atoms with Gasteiger partial charge in [0, 0.05) is 40.3 Å². The van der Waals surface area contributed by atoms with Gasteiger partial charge in [-0.2, -0.15) is 0 Å². The van der Waals surface area contributed by atoms with E-state index in [2.05, 4.69) is 184 Å². The maximum Gasteiger partial charge on any atom is 0.151 e. The maximum atomic E-state index is 6.34. The summed E-state index contributed by atoms with van der Waals surface area (Å²) in [6.07, 6.45) is 0. The fourth-order valence-corrected chi connectivity index (χ4v) is 9.37. The highest BCUT2D eigenvalue weighted by molar-refractivity contribution is 6.17. The highest BCUT2D eigenvalue weighted by Gasteiger charge is 2.29. The number of ether oxygens (including phenoxy) is 2. The summed E-state index contributed by atoms with van der Waals surface area (Å²) in [5.41, 5.74) is 16.0. The maximum absolute atomic E-state index is 6.34. The van der Waals surface area contributed by atoms with E-state index >= 15 is 0 Å². The molecule has 304 valence electrons. The minimum Gasteiger partial charge on any atom is -0.453 e. The van der Waals surface area contributed by atoms with E-state index in [9.17, 15) is 0 Å². The van der Waals surface area contributed by atoms with E-state index in [0.29, 0.717) is 0 Å². The molecule has 0 fully saturated rings. The van der Waals surface area contributed by atoms with Crippen molar-refractivity contribution in [2.75, 3.05) is 9.80 Å². The van der Waals surface area contributed by atoms with Crippen LogP contribution in [0.5, 0.6) is 23.0 Å². The third kappa shape index (κ3) is 6.06. The van der Waals surface area contributed by atoms with Crippen LogP contribution in [0.1, 0.15) is 52.7 Å². The summed E-state index contributed by atoms with van der Waals surface area (Å²) < 4.78 is 15.1. The van der Waals surface area contributed by atoms with Crippen molar-refractivity contribution < 1.29 is 9.47 Å². The molecule has 1 aromatic heterocycles. The van der Waals surface area contributed by atoms with Gasteiger partial charge in [-0.25, -0.2) is 0 Å². The van der Waals surface area contributed by atoms with E-state index in [1.165, 1.54) is 55.2 Å². The van der Waals surface area contributed by atoms with Gasteiger partial charge < -0.3 is 23.8 Å². The van der Waals surface area contributed by atoms with E-state index in [1.54, 1.807) is 0 Å². The Kier molecular flexibility index (Phi) is 8.46. The molecule has 0 radical (unpaired) electrons. The van der Waals surface area contributed by atoms with Crippen LogP contribution in [0.15, 0.2) is 170 Å². The van der Waals surface area contributed by atoms with Gasteiger partial charge in [0.15, 0.2) is 23.0 Å². The average Bonchev–Trinajstić information content (AvgIpc) is 3.57. The molecule has 0 saturated heterocycles. The Hall–Kier alpha value is -7.24. The molecule has 3 heterocycles. The molecule has 62 heavy (non-hydrogen) atoms. The van der Waals surface area contributed by atoms with Gasteiger partial charge >= 0.3 is 0 Å². The van der Waals surface area contributed by atoms with Gasteiger partial charge in [-0.15, -0.1) is 0 Å². The smallest absolute Gasteiger partial charge is 0.151 e. The predicted molar refractivity (Wildman–Crippen MR) is 258 cm³/mol. The van der Waals surface area contributed by atoms with Gasteiger partial charge in [0.2, 0.25) is 0 Å². The second-order valence-electron chi connectivity index (χ2n) is 18.7. The summed E-state index contributed by atoms with van der Waals surface area (Å²) >= 11 is 0. The van der Waals surface area contributed by atoms with Crippen molar-refractivity contribution in [3.05, 3.63) is 181 Å². The first-order valence-corrected chi connectivity index (χ1v) is 21.6. The third-order valence-electron chi connectivity index (χ3n) is 12.7. The number of hydrogen-bond donors (Lipinski definition) is 0. The average molecular weight is 808 g/mol. The molecule has 0 aliphatic carbocycles. The van der Waals surface area contributed by atoms with Crippen LogP contribution in [-0.2, 0) is 17.9 Å². The SMILES string of the molecule is Cn1c2c(-c3ccc(N4c5ccccc5Oc5ccccc54)cc3)cc(C(C)(C)C)cc2c2cc(C(C)(C)C)cc(-c3ccc(N4c5ccccc5Oc5ccccc54)cc3)c21. The first-order valence-electron chi connectivity index (χ1n) is 21.6. The largest absolute Gasteiger partial charge is 0.453 e. The van der Waals surface area contributed by atoms with Crippen LogP contribution in [-0.4, -0.2) is 4.57 Å². The van der Waals surface area contributed by atoms with Crippen molar-refractivity contribution >= 4 is 55.9 Å². The molecule has 0 spiro atoms. The van der Waals surface area contributed by atoms with Crippen LogP contribution in [0, 0.1) is 0 Å². The second-order valence-corrected chi connectivity index (χ2v) is 18.7. The number of aryl methyl sites for hydroxylation is 1. The molecule has 9 aromatic rings. The van der Waals surface area contributed by atoms with Crippen LogP contribution >= 0.6 is 0 Å². The number of aromatic nitrogens is 1. The molecular weight excluding hydrogens is 759 g/mol. The van der Waals surface area contributed by atoms with E-state index < -0.39 is 0 Å². The summed E-state index contributed by atoms with van der Waals surface area (Å²) in [6, 6.07) is 61.0. The molecule has 0 saturated carbocycles. The van der Waals surface area contributed by atoms with Crippen LogP contribution in [0.4, 0.5) is 34.1 Å². The molecular formula is C57H49N3O2. The second kappa shape index (κ2) is 13.9. The summed E-state index contributed by atoms with van der Waals surface area (Å²) in [6.45, 7) is 13.9. The van der Waals surface area contributed by atoms with Gasteiger partial charge in [-0.05, 0) is 130 Å². The Bertz CT molecular complexity index is 2910. The Morgan fingerprint density at radius 3 is 0.984 bits per heavy atom. The van der Waals surface area contributed by atoms with Crippen LogP contribution in [0.2, 0.25) is 0 Å². The molecule has 0 amide bonds. The standard InChI is InChI=1S/C57H49N3O2/c1-56(2,3)38-32-42(36-24-28-40(29-25-36)59-46-16-8-12-20-50(46)61-51-21-13-9-17-47(51)59)54-44(34-38)45-35-39(57(4,5)6)33-43(55(45)58(54)7)37-26-30-41(31-27-37)60-48-18-10-14-22-52(48)62-53-23-15-11-19-49(53)60/h8-35H,1-7H3. The minimum absolute atomic E-state index is 0.0662. The fraction of sp³-hybridized carbons (Fsp3) is 0.158. The van der Waals surface area contributed by atoms with E-state index in [0.717, 1.165) is 57.1 Å². The molecule has 2 aliphatic rings. The molecule has 5 heteroatoms. The summed E-state index contributed by atoms with van der Waals surface area (Å²) in [7, 11) is 2.25. The minimum atomic E-state index is -0.0662. The third-order valence-corrected chi connectivity index (χ3v) is 12.7. The number of para-hydroxylation sites is 8. The Morgan fingerprint density at radius 1 is 0.371 bits per heavy atom. The molecule has 5 nitrogen and oxygen atoms in total. The van der Waals surface area contributed by atoms with Crippen LogP contribution < -0.4 is 19.3 Å². The lowest BCUT2D eigenvalue weighted by Gasteiger charge is -2.32. The quantitative estimate of drug-likeness (QED) is 0.177. The molecule has 0 unspecified atom stereocenters. The van der Waals surface area contributed by atoms with E-state index in [-0.39, 0.29) is 10.8 Å². The lowest BCUT2D eigenvalue weighted by atomic mass is 9.82. The van der Waals surface area contributed by atoms with Crippen molar-refractivity contribution in [3.8, 4) is 45.3 Å². The molecule has 0 N–H and O–H groups in total. The lowest BCUT2D eigenvalue weighted by molar-refractivity contribution is 0.477. The number of hydrogen-bond acceptors (Lipinski definition) is 4. The number of benzene rings is 8. The van der Waals surface area contributed by atoms with E-state index in [1.807, 2.05) is 48.5 Å². The monoisotopic (exact) mass is 807 g/mol. The number of nitrogens with zero attached hydrogens (tertiary/aromatic N) is 3. The van der Waals surface area contributed by atoms with Gasteiger partial charge in [0.05, 0.1) is 33.8 Å². The zero-order chi connectivity index (χ0) is 42.5. The Balaban J connectivity index is 1.08. The first kappa shape index (κ1) is 37.7. The summed E-state index contributed by atoms with van der Waals surface area (Å²) in [4.78, 5) is 4.61. The first-order chi connectivity index (χ1) is 29.9. The zero-order valence-electron chi connectivity index (χ0n) is 36.3. The number of anilines is 6. The fourth-order valence-electron chi connectivity index (χ4n) is 9.37. The Morgan fingerprint density at radius 2 is 0.677 bits per heavy atom. The highest BCUT2D eigenvalue weighted by atomic mass is 16.5. The van der Waals surface area contributed by atoms with E-state index in [4.69, 9.17) is 9.47 Å². The van der Waals surface area contributed by atoms with Crippen molar-refractivity contribution in [1.82, 2.24) is 4.57 Å². The lowest BCUT2D eigenvalue weighted by Crippen LogP contribution is -2.15. The van der Waals surface area contributed by atoms with Crippen LogP contribution in [0.25, 0.3) is 44.1 Å². The normalized spacial score (nSPS) is 13.3. The summed E-state index contributed by atoms with van der Waals surface area (Å²) in [5, 5.41) is 2.55. The van der Waals surface area contributed by atoms with Crippen molar-refractivity contribution in [2.24, 2.45) is 7.05 Å². The number of rotatable bonds is 4. The van der Waals surface area contributed by atoms with Gasteiger partial charge in [0.25, 0.3) is 0 Å². The predicted octanol–water partition coefficient (Wildman–Crippen LogP) is 16.4. The van der Waals surface area contributed by atoms with Crippen LogP contribution in [0.3, 0.4) is 0 Å². The van der Waals surface area contributed by atoms with Gasteiger partial charge in [-0.1, -0.05) is 114 Å². The molecule has 0 atom stereocenters. The van der Waals surface area contributed by atoms with Gasteiger partial charge in [-0.3, -0.25) is 0 Å². The van der Waals surface area contributed by atoms with Crippen molar-refractivity contribution in [1.29, 1.82) is 0 Å². The number of fused-ring (bicyclic) bond motifs is 7. The van der Waals surface area contributed by atoms with Crippen molar-refractivity contribution in [2.45, 2.75) is 52.4 Å². The Labute approximate surface area is 364 Å². The van der Waals surface area contributed by atoms with Gasteiger partial charge in [0.1, 0.15) is 0 Å². The molecule has 11 rings (SSSR count). The molecule has 8 aromatic carbocycles.